The van der Waals surface area contributed by atoms with Crippen molar-refractivity contribution in [2.24, 2.45) is 0 Å². The lowest BCUT2D eigenvalue weighted by Gasteiger charge is -2.31. The van der Waals surface area contributed by atoms with E-state index in [2.05, 4.69) is 9.97 Å². The number of piperidine rings is 1. The molecular weight excluding hydrogens is 484 g/mol. The number of ether oxygens (including phenoxy) is 3. The Kier molecular flexibility index (Phi) is 7.78. The highest BCUT2D eigenvalue weighted by atomic mass is 32.2. The number of nitrogens with zero attached hydrogens (tertiary/aromatic N) is 4. The molecule has 1 aromatic carbocycles. The Hall–Kier alpha value is -3.60. The van der Waals surface area contributed by atoms with Gasteiger partial charge in [0.2, 0.25) is 11.8 Å². The Labute approximate surface area is 213 Å². The maximum atomic E-state index is 12.6. The van der Waals surface area contributed by atoms with Crippen LogP contribution in [0.3, 0.4) is 0 Å². The Bertz CT molecular complexity index is 1190. The van der Waals surface area contributed by atoms with E-state index in [0.717, 1.165) is 17.3 Å². The molecule has 0 atom stereocenters. The van der Waals surface area contributed by atoms with Gasteiger partial charge in [-0.3, -0.25) is 14.5 Å². The van der Waals surface area contributed by atoms with Crippen LogP contribution in [0.5, 0.6) is 17.5 Å². The number of imide groups is 1. The van der Waals surface area contributed by atoms with Gasteiger partial charge in [0.1, 0.15) is 18.2 Å². The Morgan fingerprint density at radius 2 is 1.89 bits per heavy atom. The van der Waals surface area contributed by atoms with Crippen LogP contribution in [0.1, 0.15) is 37.8 Å². The molecule has 0 saturated carbocycles. The van der Waals surface area contributed by atoms with Crippen LogP contribution < -0.4 is 9.47 Å². The zero-order valence-corrected chi connectivity index (χ0v) is 21.4. The van der Waals surface area contributed by atoms with Crippen LogP contribution in [0, 0.1) is 6.92 Å². The predicted molar refractivity (Wildman–Crippen MR) is 134 cm³/mol. The Morgan fingerprint density at radius 1 is 1.17 bits per heavy atom. The van der Waals surface area contributed by atoms with Gasteiger partial charge in [-0.15, -0.1) is 0 Å². The van der Waals surface area contributed by atoms with Crippen molar-refractivity contribution in [2.45, 2.75) is 45.8 Å². The SMILES string of the molecule is COC(=O)N1CCC(Oc2ncnc(Oc3cccc(/C=C4\SC(=O)N(C(C)C)C4=O)c3)c2C)CC1. The van der Waals surface area contributed by atoms with Gasteiger partial charge in [-0.2, -0.15) is 0 Å². The molecule has 2 saturated heterocycles. The molecule has 0 bridgehead atoms. The van der Waals surface area contributed by atoms with E-state index in [1.165, 1.54) is 18.3 Å². The zero-order valence-electron chi connectivity index (χ0n) is 20.6. The van der Waals surface area contributed by atoms with E-state index in [1.807, 2.05) is 13.0 Å². The molecule has 0 N–H and O–H groups in total. The summed E-state index contributed by atoms with van der Waals surface area (Å²) in [4.78, 5) is 48.2. The molecule has 4 rings (SSSR count). The first-order valence-corrected chi connectivity index (χ1v) is 12.4. The quantitative estimate of drug-likeness (QED) is 0.511. The second-order valence-corrected chi connectivity index (χ2v) is 9.70. The molecule has 36 heavy (non-hydrogen) atoms. The number of benzene rings is 1. The largest absolute Gasteiger partial charge is 0.474 e. The molecule has 0 aliphatic carbocycles. The van der Waals surface area contributed by atoms with Gasteiger partial charge in [0, 0.05) is 32.0 Å². The molecule has 0 spiro atoms. The summed E-state index contributed by atoms with van der Waals surface area (Å²) in [5.74, 6) is 1.00. The van der Waals surface area contributed by atoms with Gasteiger partial charge in [-0.1, -0.05) is 12.1 Å². The van der Waals surface area contributed by atoms with E-state index in [4.69, 9.17) is 14.2 Å². The maximum absolute atomic E-state index is 12.6. The van der Waals surface area contributed by atoms with Gasteiger partial charge >= 0.3 is 6.09 Å². The summed E-state index contributed by atoms with van der Waals surface area (Å²) in [5.41, 5.74) is 1.37. The lowest BCUT2D eigenvalue weighted by Crippen LogP contribution is -2.41. The van der Waals surface area contributed by atoms with Crippen LogP contribution in [-0.4, -0.2) is 69.4 Å². The summed E-state index contributed by atoms with van der Waals surface area (Å²) < 4.78 is 16.9. The molecule has 3 amide bonds. The Morgan fingerprint density at radius 3 is 2.56 bits per heavy atom. The zero-order chi connectivity index (χ0) is 25.8. The summed E-state index contributed by atoms with van der Waals surface area (Å²) in [5, 5.41) is -0.270. The Balaban J connectivity index is 1.44. The highest BCUT2D eigenvalue weighted by molar-refractivity contribution is 8.18. The lowest BCUT2D eigenvalue weighted by atomic mass is 10.1. The summed E-state index contributed by atoms with van der Waals surface area (Å²) in [6, 6.07) is 6.99. The van der Waals surface area contributed by atoms with Gasteiger partial charge in [0.15, 0.2) is 0 Å². The highest BCUT2D eigenvalue weighted by Crippen LogP contribution is 2.34. The fraction of sp³-hybridized carbons (Fsp3) is 0.400. The van der Waals surface area contributed by atoms with Crippen LogP contribution in [0.4, 0.5) is 9.59 Å². The molecule has 2 aliphatic rings. The minimum absolute atomic E-state index is 0.0862. The molecule has 3 heterocycles. The topological polar surface area (TPSA) is 111 Å². The van der Waals surface area contributed by atoms with E-state index >= 15 is 0 Å². The van der Waals surface area contributed by atoms with Crippen molar-refractivity contribution in [3.05, 3.63) is 46.6 Å². The molecule has 0 unspecified atom stereocenters. The monoisotopic (exact) mass is 512 g/mol. The molecular formula is C25H28N4O6S. The number of thioether (sulfide) groups is 1. The van der Waals surface area contributed by atoms with Crippen molar-refractivity contribution < 1.29 is 28.6 Å². The number of methoxy groups -OCH3 is 1. The first-order chi connectivity index (χ1) is 17.3. The van der Waals surface area contributed by atoms with Gasteiger partial charge in [0.05, 0.1) is 17.6 Å². The predicted octanol–water partition coefficient (Wildman–Crippen LogP) is 4.63. The smallest absolute Gasteiger partial charge is 0.409 e. The van der Waals surface area contributed by atoms with Crippen molar-refractivity contribution in [1.82, 2.24) is 19.8 Å². The first-order valence-electron chi connectivity index (χ1n) is 11.6. The van der Waals surface area contributed by atoms with Crippen LogP contribution in [0.15, 0.2) is 35.5 Å². The lowest BCUT2D eigenvalue weighted by molar-refractivity contribution is -0.123. The molecule has 2 fully saturated rings. The number of hydrogen-bond donors (Lipinski definition) is 0. The molecule has 190 valence electrons. The average Bonchev–Trinajstić information content (AvgIpc) is 3.14. The third-order valence-electron chi connectivity index (χ3n) is 5.86. The summed E-state index contributed by atoms with van der Waals surface area (Å²) in [6.07, 6.45) is 3.98. The number of hydrogen-bond acceptors (Lipinski definition) is 9. The molecule has 0 radical (unpaired) electrons. The van der Waals surface area contributed by atoms with Crippen LogP contribution in [-0.2, 0) is 9.53 Å². The third-order valence-corrected chi connectivity index (χ3v) is 6.74. The second kappa shape index (κ2) is 11.0. The fourth-order valence-corrected chi connectivity index (χ4v) is 4.90. The highest BCUT2D eigenvalue weighted by Gasteiger charge is 2.36. The van der Waals surface area contributed by atoms with Crippen molar-refractivity contribution in [3.63, 3.8) is 0 Å². The second-order valence-electron chi connectivity index (χ2n) is 8.70. The molecule has 2 aliphatic heterocycles. The molecule has 2 aromatic rings. The van der Waals surface area contributed by atoms with Gasteiger partial charge in [0.25, 0.3) is 11.1 Å². The van der Waals surface area contributed by atoms with E-state index < -0.39 is 0 Å². The van der Waals surface area contributed by atoms with Gasteiger partial charge < -0.3 is 19.1 Å². The number of amides is 3. The van der Waals surface area contributed by atoms with E-state index in [0.29, 0.717) is 53.9 Å². The number of rotatable bonds is 6. The van der Waals surface area contributed by atoms with Crippen molar-refractivity contribution in [1.29, 1.82) is 0 Å². The maximum Gasteiger partial charge on any atom is 0.409 e. The minimum Gasteiger partial charge on any atom is -0.474 e. The van der Waals surface area contributed by atoms with Crippen molar-refractivity contribution in [2.75, 3.05) is 20.2 Å². The molecule has 11 heteroatoms. The number of aromatic nitrogens is 2. The molecule has 10 nitrogen and oxygen atoms in total. The van der Waals surface area contributed by atoms with Crippen LogP contribution in [0.25, 0.3) is 6.08 Å². The van der Waals surface area contributed by atoms with Gasteiger partial charge in [-0.25, -0.2) is 14.8 Å². The standard InChI is InChI=1S/C25H28N4O6S/c1-15(2)29-23(30)20(36-25(29)32)13-17-6-5-7-19(12-17)35-22-16(3)21(26-14-27-22)34-18-8-10-28(11-9-18)24(31)33-4/h5-7,12-15,18H,8-11H2,1-4H3/b20-13-. The fourth-order valence-electron chi connectivity index (χ4n) is 3.94. The molecule has 1 aromatic heterocycles. The van der Waals surface area contributed by atoms with Crippen LogP contribution >= 0.6 is 11.8 Å². The number of carbonyl (C=O) groups is 3. The third kappa shape index (κ3) is 5.62. The summed E-state index contributed by atoms with van der Waals surface area (Å²) >= 11 is 0.930. The summed E-state index contributed by atoms with van der Waals surface area (Å²) in [7, 11) is 1.37. The van der Waals surface area contributed by atoms with E-state index in [1.54, 1.807) is 43.0 Å². The van der Waals surface area contributed by atoms with Crippen LogP contribution in [0.2, 0.25) is 0 Å². The van der Waals surface area contributed by atoms with Gasteiger partial charge in [-0.05, 0) is 56.3 Å². The first kappa shape index (κ1) is 25.5. The average molecular weight is 513 g/mol. The number of carbonyl (C=O) groups excluding carboxylic acids is 3. The van der Waals surface area contributed by atoms with Crippen molar-refractivity contribution in [3.8, 4) is 17.5 Å². The summed E-state index contributed by atoms with van der Waals surface area (Å²) in [6.45, 7) is 6.53. The minimum atomic E-state index is -0.333. The number of likely N-dealkylation sites (tertiary alicyclic amines) is 1. The van der Waals surface area contributed by atoms with Crippen molar-refractivity contribution >= 4 is 35.1 Å². The van der Waals surface area contributed by atoms with E-state index in [-0.39, 0.29) is 29.4 Å². The van der Waals surface area contributed by atoms with E-state index in [9.17, 15) is 14.4 Å². The normalized spacial score (nSPS) is 17.8.